The first-order valence-corrected chi connectivity index (χ1v) is 6.74. The van der Waals surface area contributed by atoms with Crippen LogP contribution < -0.4 is 10.6 Å². The number of aliphatic carboxylic acids is 1. The Morgan fingerprint density at radius 2 is 1.72 bits per heavy atom. The van der Waals surface area contributed by atoms with Crippen LogP contribution in [-0.2, 0) is 9.59 Å². The Hall–Kier alpha value is -1.10. The molecule has 0 heterocycles. The molecule has 5 heteroatoms. The predicted molar refractivity (Wildman–Crippen MR) is 69.4 cm³/mol. The second-order valence-electron chi connectivity index (χ2n) is 5.39. The van der Waals surface area contributed by atoms with Gasteiger partial charge in [-0.05, 0) is 12.8 Å². The first kappa shape index (κ1) is 15.0. The van der Waals surface area contributed by atoms with Crippen molar-refractivity contribution in [1.82, 2.24) is 10.6 Å². The molecule has 1 aliphatic rings. The van der Waals surface area contributed by atoms with Crippen LogP contribution in [0.4, 0.5) is 0 Å². The van der Waals surface area contributed by atoms with E-state index in [0.29, 0.717) is 12.8 Å². The molecule has 0 atom stereocenters. The Kier molecular flexibility index (Phi) is 5.59. The van der Waals surface area contributed by atoms with E-state index in [9.17, 15) is 14.7 Å². The van der Waals surface area contributed by atoms with Crippen molar-refractivity contribution in [2.75, 3.05) is 6.54 Å². The molecule has 1 aliphatic carbocycles. The van der Waals surface area contributed by atoms with Crippen molar-refractivity contribution in [2.45, 2.75) is 64.0 Å². The summed E-state index contributed by atoms with van der Waals surface area (Å²) in [6, 6.07) is 0.214. The van der Waals surface area contributed by atoms with Gasteiger partial charge in [0.15, 0.2) is 0 Å². The fraction of sp³-hybridized carbons (Fsp3) is 0.846. The molecule has 0 aliphatic heterocycles. The van der Waals surface area contributed by atoms with Crippen LogP contribution in [0.3, 0.4) is 0 Å². The number of carbonyl (C=O) groups excluding carboxylic acids is 1. The van der Waals surface area contributed by atoms with Crippen molar-refractivity contribution >= 4 is 11.9 Å². The largest absolute Gasteiger partial charge is 0.480 e. The van der Waals surface area contributed by atoms with Crippen molar-refractivity contribution in [1.29, 1.82) is 0 Å². The quantitative estimate of drug-likeness (QED) is 0.647. The second-order valence-corrected chi connectivity index (χ2v) is 5.39. The number of rotatable bonds is 5. The summed E-state index contributed by atoms with van der Waals surface area (Å²) in [4.78, 5) is 23.3. The predicted octanol–water partition coefficient (Wildman–Crippen LogP) is 1.28. The molecular weight excluding hydrogens is 232 g/mol. The van der Waals surface area contributed by atoms with E-state index in [1.165, 1.54) is 0 Å². The van der Waals surface area contributed by atoms with Gasteiger partial charge < -0.3 is 15.7 Å². The molecule has 1 fully saturated rings. The molecule has 0 aromatic carbocycles. The first-order valence-electron chi connectivity index (χ1n) is 6.74. The molecule has 0 bridgehead atoms. The van der Waals surface area contributed by atoms with E-state index >= 15 is 0 Å². The lowest BCUT2D eigenvalue weighted by molar-refractivity contribution is -0.148. The number of nitrogens with one attached hydrogen (secondary N) is 2. The molecule has 1 amide bonds. The summed E-state index contributed by atoms with van der Waals surface area (Å²) in [7, 11) is 0. The number of amides is 1. The van der Waals surface area contributed by atoms with Gasteiger partial charge in [-0.3, -0.25) is 4.79 Å². The minimum Gasteiger partial charge on any atom is -0.480 e. The highest BCUT2D eigenvalue weighted by Gasteiger charge is 2.39. The molecule has 3 N–H and O–H groups in total. The number of carbonyl (C=O) groups is 2. The van der Waals surface area contributed by atoms with E-state index in [0.717, 1.165) is 25.7 Å². The van der Waals surface area contributed by atoms with Gasteiger partial charge in [0.1, 0.15) is 5.54 Å². The van der Waals surface area contributed by atoms with E-state index in [1.54, 1.807) is 0 Å². The first-order chi connectivity index (χ1) is 8.46. The molecule has 0 aromatic heterocycles. The van der Waals surface area contributed by atoms with Crippen molar-refractivity contribution in [3.8, 4) is 0 Å². The van der Waals surface area contributed by atoms with Crippen LogP contribution in [0.1, 0.15) is 52.4 Å². The van der Waals surface area contributed by atoms with E-state index in [4.69, 9.17) is 0 Å². The summed E-state index contributed by atoms with van der Waals surface area (Å²) in [6.45, 7) is 4.07. The van der Waals surface area contributed by atoms with Crippen LogP contribution in [-0.4, -0.2) is 35.1 Å². The molecule has 1 saturated carbocycles. The lowest BCUT2D eigenvalue weighted by atomic mass is 9.90. The van der Waals surface area contributed by atoms with Gasteiger partial charge in [-0.1, -0.05) is 39.5 Å². The summed E-state index contributed by atoms with van der Waals surface area (Å²) >= 11 is 0. The average molecular weight is 256 g/mol. The molecule has 1 rings (SSSR count). The zero-order valence-corrected chi connectivity index (χ0v) is 11.3. The lowest BCUT2D eigenvalue weighted by Gasteiger charge is -2.29. The summed E-state index contributed by atoms with van der Waals surface area (Å²) < 4.78 is 0. The van der Waals surface area contributed by atoms with Gasteiger partial charge in [0.05, 0.1) is 6.54 Å². The smallest absolute Gasteiger partial charge is 0.329 e. The molecule has 0 radical (unpaired) electrons. The van der Waals surface area contributed by atoms with E-state index < -0.39 is 11.5 Å². The summed E-state index contributed by atoms with van der Waals surface area (Å²) in [5, 5.41) is 15.1. The fourth-order valence-electron chi connectivity index (χ4n) is 2.33. The van der Waals surface area contributed by atoms with E-state index in [2.05, 4.69) is 10.6 Å². The topological polar surface area (TPSA) is 78.4 Å². The SMILES string of the molecule is CC(C)NCC(=O)NC1(C(=O)O)CCCCCC1. The Bertz CT molecular complexity index is 295. The molecule has 0 aromatic rings. The third kappa shape index (κ3) is 4.29. The minimum atomic E-state index is -1.05. The Labute approximate surface area is 108 Å². The van der Waals surface area contributed by atoms with Gasteiger partial charge in [0, 0.05) is 6.04 Å². The third-order valence-electron chi connectivity index (χ3n) is 3.42. The van der Waals surface area contributed by atoms with Crippen molar-refractivity contribution in [3.63, 3.8) is 0 Å². The van der Waals surface area contributed by atoms with Gasteiger partial charge >= 0.3 is 5.97 Å². The Morgan fingerprint density at radius 1 is 1.17 bits per heavy atom. The van der Waals surface area contributed by atoms with Gasteiger partial charge in [-0.25, -0.2) is 4.79 Å². The van der Waals surface area contributed by atoms with Crippen LogP contribution in [0.25, 0.3) is 0 Å². The highest BCUT2D eigenvalue weighted by Crippen LogP contribution is 2.27. The molecule has 104 valence electrons. The number of hydrogen-bond donors (Lipinski definition) is 3. The molecular formula is C13H24N2O3. The maximum Gasteiger partial charge on any atom is 0.329 e. The Balaban J connectivity index is 2.61. The molecule has 0 spiro atoms. The highest BCUT2D eigenvalue weighted by molar-refractivity contribution is 5.87. The second kappa shape index (κ2) is 6.73. The zero-order valence-electron chi connectivity index (χ0n) is 11.3. The van der Waals surface area contributed by atoms with Crippen LogP contribution in [0, 0.1) is 0 Å². The maximum atomic E-state index is 11.8. The van der Waals surface area contributed by atoms with Crippen LogP contribution in [0.2, 0.25) is 0 Å². The summed E-state index contributed by atoms with van der Waals surface area (Å²) in [6.07, 6.45) is 4.91. The lowest BCUT2D eigenvalue weighted by Crippen LogP contribution is -2.56. The zero-order chi connectivity index (χ0) is 13.6. The maximum absolute atomic E-state index is 11.8. The third-order valence-corrected chi connectivity index (χ3v) is 3.42. The molecule has 18 heavy (non-hydrogen) atoms. The molecule has 0 unspecified atom stereocenters. The normalized spacial score (nSPS) is 19.3. The van der Waals surface area contributed by atoms with E-state index in [1.807, 2.05) is 13.8 Å². The fourth-order valence-corrected chi connectivity index (χ4v) is 2.33. The van der Waals surface area contributed by atoms with Crippen LogP contribution >= 0.6 is 0 Å². The van der Waals surface area contributed by atoms with Crippen molar-refractivity contribution in [3.05, 3.63) is 0 Å². The van der Waals surface area contributed by atoms with Gasteiger partial charge in [0.2, 0.25) is 5.91 Å². The van der Waals surface area contributed by atoms with Crippen molar-refractivity contribution < 1.29 is 14.7 Å². The summed E-state index contributed by atoms with van der Waals surface area (Å²) in [5.41, 5.74) is -1.05. The standard InChI is InChI=1S/C13H24N2O3/c1-10(2)14-9-11(16)15-13(12(17)18)7-5-3-4-6-8-13/h10,14H,3-9H2,1-2H3,(H,15,16)(H,17,18). The Morgan fingerprint density at radius 3 is 2.17 bits per heavy atom. The van der Waals surface area contributed by atoms with Crippen LogP contribution in [0.5, 0.6) is 0 Å². The summed E-state index contributed by atoms with van der Waals surface area (Å²) in [5.74, 6) is -1.13. The van der Waals surface area contributed by atoms with Gasteiger partial charge in [-0.15, -0.1) is 0 Å². The van der Waals surface area contributed by atoms with Gasteiger partial charge in [0.25, 0.3) is 0 Å². The number of carboxylic acids is 1. The average Bonchev–Trinajstić information content (AvgIpc) is 2.53. The number of carboxylic acid groups (broad SMARTS) is 1. The van der Waals surface area contributed by atoms with Gasteiger partial charge in [-0.2, -0.15) is 0 Å². The molecule has 5 nitrogen and oxygen atoms in total. The van der Waals surface area contributed by atoms with Crippen molar-refractivity contribution in [2.24, 2.45) is 0 Å². The monoisotopic (exact) mass is 256 g/mol. The molecule has 0 saturated heterocycles. The minimum absolute atomic E-state index is 0.173. The van der Waals surface area contributed by atoms with E-state index in [-0.39, 0.29) is 18.5 Å². The highest BCUT2D eigenvalue weighted by atomic mass is 16.4. The van der Waals surface area contributed by atoms with Crippen LogP contribution in [0.15, 0.2) is 0 Å². The number of hydrogen-bond acceptors (Lipinski definition) is 3.